The Balaban J connectivity index is 1.35. The van der Waals surface area contributed by atoms with E-state index in [0.717, 1.165) is 12.8 Å². The number of sulfone groups is 1. The van der Waals surface area contributed by atoms with Gasteiger partial charge in [0, 0.05) is 38.8 Å². The van der Waals surface area contributed by atoms with Crippen molar-refractivity contribution in [2.24, 2.45) is 0 Å². The second-order valence-electron chi connectivity index (χ2n) is 7.55. The molecule has 3 aliphatic rings. The number of hydrogen-bond donors (Lipinski definition) is 0. The van der Waals surface area contributed by atoms with Gasteiger partial charge in [-0.2, -0.15) is 0 Å². The van der Waals surface area contributed by atoms with E-state index in [2.05, 4.69) is 4.90 Å². The Kier molecular flexibility index (Phi) is 5.26. The van der Waals surface area contributed by atoms with Gasteiger partial charge in [-0.1, -0.05) is 6.07 Å². The van der Waals surface area contributed by atoms with E-state index in [0.29, 0.717) is 44.0 Å². The molecule has 148 valence electrons. The van der Waals surface area contributed by atoms with E-state index >= 15 is 0 Å². The van der Waals surface area contributed by atoms with Crippen molar-refractivity contribution in [3.63, 3.8) is 0 Å². The van der Waals surface area contributed by atoms with E-state index in [1.54, 1.807) is 11.0 Å². The number of amides is 2. The predicted octanol–water partition coefficient (Wildman–Crippen LogP) is 0.684. The molecule has 0 aromatic carbocycles. The maximum Gasteiger partial charge on any atom is 0.264 e. The van der Waals surface area contributed by atoms with Crippen LogP contribution in [-0.4, -0.2) is 91.2 Å². The van der Waals surface area contributed by atoms with Crippen molar-refractivity contribution >= 4 is 33.0 Å². The van der Waals surface area contributed by atoms with Crippen molar-refractivity contribution in [2.45, 2.75) is 31.3 Å². The van der Waals surface area contributed by atoms with Gasteiger partial charge >= 0.3 is 0 Å². The number of carbonyl (C=O) groups excluding carboxylic acids is 2. The Morgan fingerprint density at radius 3 is 2.48 bits per heavy atom. The highest BCUT2D eigenvalue weighted by atomic mass is 32.2. The quantitative estimate of drug-likeness (QED) is 0.731. The molecule has 0 aliphatic carbocycles. The highest BCUT2D eigenvalue weighted by Crippen LogP contribution is 2.25. The topological polar surface area (TPSA) is 78.0 Å². The molecule has 2 atom stereocenters. The summed E-state index contributed by atoms with van der Waals surface area (Å²) in [6.07, 6.45) is 2.27. The van der Waals surface area contributed by atoms with E-state index < -0.39 is 9.84 Å². The van der Waals surface area contributed by atoms with Crippen LogP contribution in [0.25, 0.3) is 0 Å². The van der Waals surface area contributed by atoms with Crippen molar-refractivity contribution in [3.05, 3.63) is 22.4 Å². The molecule has 0 saturated carbocycles. The van der Waals surface area contributed by atoms with E-state index in [4.69, 9.17) is 0 Å². The molecule has 9 heteroatoms. The second kappa shape index (κ2) is 7.52. The summed E-state index contributed by atoms with van der Waals surface area (Å²) in [4.78, 5) is 32.2. The van der Waals surface area contributed by atoms with Gasteiger partial charge in [0.25, 0.3) is 5.91 Å². The molecule has 2 amide bonds. The number of rotatable bonds is 3. The molecule has 7 nitrogen and oxygen atoms in total. The van der Waals surface area contributed by atoms with Crippen molar-refractivity contribution in [1.82, 2.24) is 14.7 Å². The summed E-state index contributed by atoms with van der Waals surface area (Å²) in [6, 6.07) is 3.39. The standard InChI is InChI=1S/C18H25N3O4S2/c22-17(15-3-1-6-21(15)18(23)16-4-2-11-26-16)20-9-7-19(8-10-20)14-5-12-27(24,25)13-14/h2,4,11,14-15H,1,3,5-10,12-13H2/t14-,15+/m0/s1. The summed E-state index contributed by atoms with van der Waals surface area (Å²) in [7, 11) is -2.89. The lowest BCUT2D eigenvalue weighted by molar-refractivity contribution is -0.137. The molecule has 0 radical (unpaired) electrons. The summed E-state index contributed by atoms with van der Waals surface area (Å²) < 4.78 is 23.4. The smallest absolute Gasteiger partial charge is 0.264 e. The summed E-state index contributed by atoms with van der Waals surface area (Å²) in [5, 5.41) is 1.88. The third-order valence-corrected chi connectivity index (χ3v) is 8.49. The minimum absolute atomic E-state index is 0.0381. The minimum Gasteiger partial charge on any atom is -0.338 e. The number of thiophene rings is 1. The van der Waals surface area contributed by atoms with E-state index in [1.165, 1.54) is 11.3 Å². The zero-order valence-electron chi connectivity index (χ0n) is 15.2. The van der Waals surface area contributed by atoms with Crippen LogP contribution >= 0.6 is 11.3 Å². The van der Waals surface area contributed by atoms with Gasteiger partial charge in [0.15, 0.2) is 9.84 Å². The van der Waals surface area contributed by atoms with Gasteiger partial charge < -0.3 is 9.80 Å². The van der Waals surface area contributed by atoms with Gasteiger partial charge in [-0.05, 0) is 30.7 Å². The average molecular weight is 412 g/mol. The monoisotopic (exact) mass is 411 g/mol. The normalized spacial score (nSPS) is 28.6. The molecule has 3 aliphatic heterocycles. The van der Waals surface area contributed by atoms with Crippen LogP contribution in [0.15, 0.2) is 17.5 Å². The fraction of sp³-hybridized carbons (Fsp3) is 0.667. The summed E-state index contributed by atoms with van der Waals surface area (Å²) >= 11 is 1.41. The molecule has 3 fully saturated rings. The van der Waals surface area contributed by atoms with Crippen molar-refractivity contribution in [3.8, 4) is 0 Å². The van der Waals surface area contributed by atoms with Crippen LogP contribution in [0.1, 0.15) is 28.9 Å². The Labute approximate surface area is 163 Å². The molecule has 0 spiro atoms. The zero-order chi connectivity index (χ0) is 19.0. The predicted molar refractivity (Wildman–Crippen MR) is 104 cm³/mol. The zero-order valence-corrected chi connectivity index (χ0v) is 16.9. The number of piperazine rings is 1. The molecule has 4 heterocycles. The molecular weight excluding hydrogens is 386 g/mol. The van der Waals surface area contributed by atoms with Crippen LogP contribution in [0.4, 0.5) is 0 Å². The van der Waals surface area contributed by atoms with Crippen LogP contribution in [0.5, 0.6) is 0 Å². The van der Waals surface area contributed by atoms with Crippen LogP contribution in [-0.2, 0) is 14.6 Å². The van der Waals surface area contributed by atoms with E-state index in [1.807, 2.05) is 16.3 Å². The first-order valence-electron chi connectivity index (χ1n) is 9.52. The first-order chi connectivity index (χ1) is 12.9. The molecule has 0 N–H and O–H groups in total. The fourth-order valence-electron chi connectivity index (χ4n) is 4.39. The highest BCUT2D eigenvalue weighted by Gasteiger charge is 2.39. The third kappa shape index (κ3) is 3.90. The first kappa shape index (κ1) is 18.9. The first-order valence-corrected chi connectivity index (χ1v) is 12.2. The molecule has 0 bridgehead atoms. The van der Waals surface area contributed by atoms with Crippen LogP contribution in [0.2, 0.25) is 0 Å². The molecule has 27 heavy (non-hydrogen) atoms. The van der Waals surface area contributed by atoms with Gasteiger partial charge in [-0.3, -0.25) is 14.5 Å². The number of nitrogens with zero attached hydrogens (tertiary/aromatic N) is 3. The van der Waals surface area contributed by atoms with E-state index in [-0.39, 0.29) is 35.4 Å². The highest BCUT2D eigenvalue weighted by molar-refractivity contribution is 7.91. The molecular formula is C18H25N3O4S2. The fourth-order valence-corrected chi connectivity index (χ4v) is 6.83. The Morgan fingerprint density at radius 2 is 1.85 bits per heavy atom. The van der Waals surface area contributed by atoms with Gasteiger partial charge in [0.1, 0.15) is 6.04 Å². The maximum atomic E-state index is 13.0. The van der Waals surface area contributed by atoms with Crippen molar-refractivity contribution in [1.29, 1.82) is 0 Å². The molecule has 1 aromatic heterocycles. The Morgan fingerprint density at radius 1 is 1.07 bits per heavy atom. The lowest BCUT2D eigenvalue weighted by Gasteiger charge is -2.39. The third-order valence-electron chi connectivity index (χ3n) is 5.88. The average Bonchev–Trinajstić information content (AvgIpc) is 3.41. The number of hydrogen-bond acceptors (Lipinski definition) is 6. The van der Waals surface area contributed by atoms with Gasteiger partial charge in [-0.25, -0.2) is 8.42 Å². The molecule has 4 rings (SSSR count). The summed E-state index contributed by atoms with van der Waals surface area (Å²) in [5.74, 6) is 0.512. The summed E-state index contributed by atoms with van der Waals surface area (Å²) in [6.45, 7) is 3.25. The number of likely N-dealkylation sites (tertiary alicyclic amines) is 1. The van der Waals surface area contributed by atoms with Gasteiger partial charge in [-0.15, -0.1) is 11.3 Å². The lowest BCUT2D eigenvalue weighted by atomic mass is 10.1. The minimum atomic E-state index is -2.89. The number of carbonyl (C=O) groups is 2. The Bertz CT molecular complexity index is 801. The molecule has 1 aromatic rings. The van der Waals surface area contributed by atoms with Crippen molar-refractivity contribution in [2.75, 3.05) is 44.2 Å². The SMILES string of the molecule is O=C([C@H]1CCCN1C(=O)c1cccs1)N1CCN([C@H]2CCS(=O)(=O)C2)CC1. The lowest BCUT2D eigenvalue weighted by Crippen LogP contribution is -2.56. The largest absolute Gasteiger partial charge is 0.338 e. The maximum absolute atomic E-state index is 13.0. The summed E-state index contributed by atoms with van der Waals surface area (Å²) in [5.41, 5.74) is 0. The van der Waals surface area contributed by atoms with Gasteiger partial charge in [0.2, 0.25) is 5.91 Å². The Hall–Kier alpha value is -1.45. The van der Waals surface area contributed by atoms with E-state index in [9.17, 15) is 18.0 Å². The second-order valence-corrected chi connectivity index (χ2v) is 10.7. The molecule has 3 saturated heterocycles. The molecule has 0 unspecified atom stereocenters. The van der Waals surface area contributed by atoms with Crippen molar-refractivity contribution < 1.29 is 18.0 Å². The van der Waals surface area contributed by atoms with Crippen LogP contribution in [0.3, 0.4) is 0 Å². The van der Waals surface area contributed by atoms with Crippen LogP contribution in [0, 0.1) is 0 Å². The van der Waals surface area contributed by atoms with Gasteiger partial charge in [0.05, 0.1) is 16.4 Å². The van der Waals surface area contributed by atoms with Crippen LogP contribution < -0.4 is 0 Å².